The van der Waals surface area contributed by atoms with Crippen LogP contribution in [-0.4, -0.2) is 17.1 Å². The lowest BCUT2D eigenvalue weighted by Gasteiger charge is -2.14. The first-order valence-corrected chi connectivity index (χ1v) is 9.51. The van der Waals surface area contributed by atoms with Crippen molar-refractivity contribution in [3.05, 3.63) is 83.2 Å². The second-order valence-corrected chi connectivity index (χ2v) is 7.07. The number of nitrogen functional groups attached to an aromatic ring is 1. The van der Waals surface area contributed by atoms with Gasteiger partial charge in [-0.15, -0.1) is 11.3 Å². The van der Waals surface area contributed by atoms with Crippen LogP contribution < -0.4 is 10.5 Å². The fourth-order valence-corrected chi connectivity index (χ4v) is 3.81. The van der Waals surface area contributed by atoms with E-state index in [0.717, 1.165) is 39.6 Å². The van der Waals surface area contributed by atoms with Gasteiger partial charge in [-0.25, -0.2) is 9.97 Å². The number of hydrogen-bond acceptors (Lipinski definition) is 5. The Hall–Kier alpha value is -3.18. The van der Waals surface area contributed by atoms with Crippen molar-refractivity contribution >= 4 is 17.3 Å². The first-order chi connectivity index (χ1) is 13.2. The van der Waals surface area contributed by atoms with Crippen LogP contribution in [0.25, 0.3) is 21.8 Å². The van der Waals surface area contributed by atoms with E-state index in [-0.39, 0.29) is 5.95 Å². The van der Waals surface area contributed by atoms with E-state index in [9.17, 15) is 0 Å². The zero-order valence-corrected chi connectivity index (χ0v) is 15.7. The molecule has 2 aromatic heterocycles. The maximum absolute atomic E-state index is 6.08. The Morgan fingerprint density at radius 3 is 2.30 bits per heavy atom. The van der Waals surface area contributed by atoms with Crippen molar-refractivity contribution < 1.29 is 4.74 Å². The number of methoxy groups -OCH3 is 1. The minimum absolute atomic E-state index is 0.279. The average Bonchev–Trinajstić information content (AvgIpc) is 3.24. The first kappa shape index (κ1) is 17.2. The van der Waals surface area contributed by atoms with E-state index >= 15 is 0 Å². The summed E-state index contributed by atoms with van der Waals surface area (Å²) < 4.78 is 5.28. The van der Waals surface area contributed by atoms with Crippen molar-refractivity contribution in [1.82, 2.24) is 9.97 Å². The summed E-state index contributed by atoms with van der Waals surface area (Å²) in [6.07, 6.45) is 0.732. The van der Waals surface area contributed by atoms with Gasteiger partial charge < -0.3 is 10.5 Å². The maximum atomic E-state index is 6.08. The lowest BCUT2D eigenvalue weighted by Crippen LogP contribution is -2.05. The standard InChI is InChI=1S/C22H19N3OS/c1-26-17-11-9-16(10-12-17)20-18(14-15-6-3-2-4-7-15)21(25-22(23)24-20)19-8-5-13-27-19/h2-13H,14H2,1H3,(H2,23,24,25). The van der Waals surface area contributed by atoms with Gasteiger partial charge in [0.05, 0.1) is 23.4 Å². The fraction of sp³-hybridized carbons (Fsp3) is 0.0909. The number of thiophene rings is 1. The molecule has 0 unspecified atom stereocenters. The predicted molar refractivity (Wildman–Crippen MR) is 111 cm³/mol. The monoisotopic (exact) mass is 373 g/mol. The van der Waals surface area contributed by atoms with Gasteiger partial charge in [0.25, 0.3) is 0 Å². The van der Waals surface area contributed by atoms with E-state index < -0.39 is 0 Å². The van der Waals surface area contributed by atoms with Crippen molar-refractivity contribution in [2.24, 2.45) is 0 Å². The lowest BCUT2D eigenvalue weighted by atomic mass is 9.97. The molecular formula is C22H19N3OS. The topological polar surface area (TPSA) is 61.0 Å². The third-order valence-electron chi connectivity index (χ3n) is 4.37. The minimum Gasteiger partial charge on any atom is -0.497 e. The summed E-state index contributed by atoms with van der Waals surface area (Å²) in [6.45, 7) is 0. The summed E-state index contributed by atoms with van der Waals surface area (Å²) in [6, 6.07) is 22.3. The minimum atomic E-state index is 0.279. The zero-order valence-electron chi connectivity index (χ0n) is 14.9. The molecule has 2 heterocycles. The molecule has 0 bridgehead atoms. The molecule has 5 heteroatoms. The summed E-state index contributed by atoms with van der Waals surface area (Å²) >= 11 is 1.65. The molecule has 27 heavy (non-hydrogen) atoms. The Balaban J connectivity index is 1.90. The lowest BCUT2D eigenvalue weighted by molar-refractivity contribution is 0.415. The summed E-state index contributed by atoms with van der Waals surface area (Å²) in [5.41, 5.74) is 11.1. The van der Waals surface area contributed by atoms with E-state index in [0.29, 0.717) is 0 Å². The van der Waals surface area contributed by atoms with E-state index in [1.165, 1.54) is 5.56 Å². The first-order valence-electron chi connectivity index (χ1n) is 8.63. The van der Waals surface area contributed by atoms with Crippen LogP contribution in [0.1, 0.15) is 11.1 Å². The summed E-state index contributed by atoms with van der Waals surface area (Å²) in [4.78, 5) is 10.3. The number of hydrogen-bond donors (Lipinski definition) is 1. The van der Waals surface area contributed by atoms with Gasteiger partial charge in [-0.2, -0.15) is 0 Å². The number of rotatable bonds is 5. The van der Waals surface area contributed by atoms with Crippen molar-refractivity contribution in [1.29, 1.82) is 0 Å². The molecule has 134 valence electrons. The molecule has 4 nitrogen and oxygen atoms in total. The predicted octanol–water partition coefficient (Wildman–Crippen LogP) is 5.05. The normalized spacial score (nSPS) is 10.7. The molecule has 2 N–H and O–H groups in total. The molecule has 4 aromatic rings. The second kappa shape index (κ2) is 7.60. The number of nitrogens with zero attached hydrogens (tertiary/aromatic N) is 2. The number of anilines is 1. The molecule has 0 atom stereocenters. The Bertz CT molecular complexity index is 1030. The van der Waals surface area contributed by atoms with Gasteiger partial charge >= 0.3 is 0 Å². The molecule has 0 aliphatic heterocycles. The second-order valence-electron chi connectivity index (χ2n) is 6.13. The van der Waals surface area contributed by atoms with Gasteiger partial charge in [0.1, 0.15) is 5.75 Å². The largest absolute Gasteiger partial charge is 0.497 e. The Morgan fingerprint density at radius 1 is 0.889 bits per heavy atom. The molecule has 0 spiro atoms. The van der Waals surface area contributed by atoms with Gasteiger partial charge in [-0.3, -0.25) is 0 Å². The van der Waals surface area contributed by atoms with Crippen molar-refractivity contribution in [2.45, 2.75) is 6.42 Å². The van der Waals surface area contributed by atoms with Crippen LogP contribution in [0.3, 0.4) is 0 Å². The highest BCUT2D eigenvalue weighted by molar-refractivity contribution is 7.13. The Morgan fingerprint density at radius 2 is 1.63 bits per heavy atom. The number of aromatic nitrogens is 2. The van der Waals surface area contributed by atoms with E-state index in [4.69, 9.17) is 10.5 Å². The molecule has 0 radical (unpaired) electrons. The van der Waals surface area contributed by atoms with Gasteiger partial charge in [0.2, 0.25) is 5.95 Å². The van der Waals surface area contributed by atoms with E-state index in [2.05, 4.69) is 28.2 Å². The summed E-state index contributed by atoms with van der Waals surface area (Å²) in [5.74, 6) is 1.09. The SMILES string of the molecule is COc1ccc(-c2nc(N)nc(-c3cccs3)c2Cc2ccccc2)cc1. The molecular weight excluding hydrogens is 354 g/mol. The highest BCUT2D eigenvalue weighted by Gasteiger charge is 2.18. The maximum Gasteiger partial charge on any atom is 0.221 e. The smallest absolute Gasteiger partial charge is 0.221 e. The summed E-state index contributed by atoms with van der Waals surface area (Å²) in [7, 11) is 1.66. The molecule has 0 aliphatic rings. The van der Waals surface area contributed by atoms with Crippen LogP contribution >= 0.6 is 11.3 Å². The zero-order chi connectivity index (χ0) is 18.6. The number of nitrogens with two attached hydrogens (primary N) is 1. The van der Waals surface area contributed by atoms with Crippen LogP contribution in [0.15, 0.2) is 72.1 Å². The van der Waals surface area contributed by atoms with Crippen LogP contribution in [-0.2, 0) is 6.42 Å². The number of benzene rings is 2. The van der Waals surface area contributed by atoms with Gasteiger partial charge in [0, 0.05) is 17.5 Å². The molecule has 0 fully saturated rings. The van der Waals surface area contributed by atoms with E-state index in [1.54, 1.807) is 18.4 Å². The highest BCUT2D eigenvalue weighted by Crippen LogP contribution is 2.35. The molecule has 0 aliphatic carbocycles. The molecule has 2 aromatic carbocycles. The molecule has 4 rings (SSSR count). The average molecular weight is 373 g/mol. The van der Waals surface area contributed by atoms with Crippen LogP contribution in [0, 0.1) is 0 Å². The Labute approximate surface area is 162 Å². The van der Waals surface area contributed by atoms with Crippen LogP contribution in [0.4, 0.5) is 5.95 Å². The van der Waals surface area contributed by atoms with Crippen molar-refractivity contribution in [3.8, 4) is 27.6 Å². The highest BCUT2D eigenvalue weighted by atomic mass is 32.1. The van der Waals surface area contributed by atoms with Crippen LogP contribution in [0.5, 0.6) is 5.75 Å². The van der Waals surface area contributed by atoms with Crippen LogP contribution in [0.2, 0.25) is 0 Å². The summed E-state index contributed by atoms with van der Waals surface area (Å²) in [5, 5.41) is 2.05. The molecule has 0 amide bonds. The molecule has 0 saturated carbocycles. The fourth-order valence-electron chi connectivity index (χ4n) is 3.07. The third-order valence-corrected chi connectivity index (χ3v) is 5.24. The van der Waals surface area contributed by atoms with Gasteiger partial charge in [0.15, 0.2) is 0 Å². The van der Waals surface area contributed by atoms with E-state index in [1.807, 2.05) is 53.9 Å². The molecule has 0 saturated heterocycles. The number of ether oxygens (including phenoxy) is 1. The van der Waals surface area contributed by atoms with Crippen molar-refractivity contribution in [2.75, 3.05) is 12.8 Å². The third kappa shape index (κ3) is 3.68. The quantitative estimate of drug-likeness (QED) is 0.531. The van der Waals surface area contributed by atoms with Gasteiger partial charge in [-0.1, -0.05) is 36.4 Å². The van der Waals surface area contributed by atoms with Gasteiger partial charge in [-0.05, 0) is 41.3 Å². The Kier molecular flexibility index (Phi) is 4.85. The van der Waals surface area contributed by atoms with Crippen molar-refractivity contribution in [3.63, 3.8) is 0 Å².